The Morgan fingerprint density at radius 1 is 1.26 bits per heavy atom. The minimum Gasteiger partial charge on any atom is -0.351 e. The molecular weight excluding hydrogens is 242 g/mol. The molecule has 5 heteroatoms. The van der Waals surface area contributed by atoms with Crippen molar-refractivity contribution in [1.82, 2.24) is 4.90 Å². The van der Waals surface area contributed by atoms with Crippen molar-refractivity contribution >= 4 is 17.6 Å². The topological polar surface area (TPSA) is 75.4 Å². The zero-order valence-electron chi connectivity index (χ0n) is 10.7. The maximum atomic E-state index is 12.3. The van der Waals surface area contributed by atoms with Gasteiger partial charge >= 0.3 is 6.03 Å². The average molecular weight is 259 g/mol. The highest BCUT2D eigenvalue weighted by Gasteiger charge is 2.19. The standard InChI is InChI=1S/C14H17N3O2/c1-10-5-7-17(8-6-10)13(18)11-3-2-4-12(9-11)16-14(15)19/h2-4,9H,1,5-8H2,(H3,15,16,19). The monoisotopic (exact) mass is 259 g/mol. The fourth-order valence-corrected chi connectivity index (χ4v) is 2.08. The zero-order valence-corrected chi connectivity index (χ0v) is 10.7. The second-order valence-corrected chi connectivity index (χ2v) is 4.61. The third-order valence-electron chi connectivity index (χ3n) is 3.13. The third-order valence-corrected chi connectivity index (χ3v) is 3.13. The highest BCUT2D eigenvalue weighted by molar-refractivity contribution is 5.96. The lowest BCUT2D eigenvalue weighted by molar-refractivity contribution is 0.0744. The van der Waals surface area contributed by atoms with Gasteiger partial charge in [-0.1, -0.05) is 18.2 Å². The van der Waals surface area contributed by atoms with E-state index in [4.69, 9.17) is 5.73 Å². The van der Waals surface area contributed by atoms with Crippen molar-refractivity contribution in [3.63, 3.8) is 0 Å². The molecule has 0 spiro atoms. The number of amides is 3. The first-order chi connectivity index (χ1) is 9.06. The van der Waals surface area contributed by atoms with Crippen molar-refractivity contribution in [2.75, 3.05) is 18.4 Å². The van der Waals surface area contributed by atoms with Crippen molar-refractivity contribution in [2.24, 2.45) is 5.73 Å². The Morgan fingerprint density at radius 2 is 1.95 bits per heavy atom. The molecule has 0 unspecified atom stereocenters. The number of urea groups is 1. The van der Waals surface area contributed by atoms with E-state index in [-0.39, 0.29) is 5.91 Å². The van der Waals surface area contributed by atoms with Crippen LogP contribution in [0.4, 0.5) is 10.5 Å². The summed E-state index contributed by atoms with van der Waals surface area (Å²) < 4.78 is 0. The third kappa shape index (κ3) is 3.34. The van der Waals surface area contributed by atoms with Crippen LogP contribution in [0.25, 0.3) is 0 Å². The smallest absolute Gasteiger partial charge is 0.316 e. The van der Waals surface area contributed by atoms with Crippen molar-refractivity contribution in [2.45, 2.75) is 12.8 Å². The van der Waals surface area contributed by atoms with Gasteiger partial charge in [0.15, 0.2) is 0 Å². The molecule has 1 saturated heterocycles. The van der Waals surface area contributed by atoms with E-state index in [1.54, 1.807) is 29.2 Å². The Bertz CT molecular complexity index is 515. The zero-order chi connectivity index (χ0) is 13.8. The molecule has 1 aromatic carbocycles. The molecule has 0 aliphatic carbocycles. The van der Waals surface area contributed by atoms with Crippen LogP contribution in [-0.2, 0) is 0 Å². The van der Waals surface area contributed by atoms with Gasteiger partial charge in [0.2, 0.25) is 0 Å². The molecule has 2 rings (SSSR count). The Morgan fingerprint density at radius 3 is 2.58 bits per heavy atom. The van der Waals surface area contributed by atoms with Crippen LogP contribution in [0.5, 0.6) is 0 Å². The number of hydrogen-bond donors (Lipinski definition) is 2. The van der Waals surface area contributed by atoms with Crippen LogP contribution in [-0.4, -0.2) is 29.9 Å². The van der Waals surface area contributed by atoms with E-state index in [0.29, 0.717) is 24.3 Å². The number of nitrogens with zero attached hydrogens (tertiary/aromatic N) is 1. The Hall–Kier alpha value is -2.30. The lowest BCUT2D eigenvalue weighted by Crippen LogP contribution is -2.36. The molecule has 0 radical (unpaired) electrons. The first-order valence-electron chi connectivity index (χ1n) is 6.19. The SMILES string of the molecule is C=C1CCN(C(=O)c2cccc(NC(N)=O)c2)CC1. The molecule has 5 nitrogen and oxygen atoms in total. The van der Waals surface area contributed by atoms with Gasteiger partial charge in [-0.05, 0) is 31.0 Å². The number of hydrogen-bond acceptors (Lipinski definition) is 2. The number of primary amides is 1. The predicted octanol–water partition coefficient (Wildman–Crippen LogP) is 1.97. The minimum absolute atomic E-state index is 0.0272. The summed E-state index contributed by atoms with van der Waals surface area (Å²) in [7, 11) is 0. The molecule has 1 aromatic rings. The van der Waals surface area contributed by atoms with Crippen molar-refractivity contribution in [3.8, 4) is 0 Å². The van der Waals surface area contributed by atoms with E-state index >= 15 is 0 Å². The summed E-state index contributed by atoms with van der Waals surface area (Å²) in [5, 5.41) is 2.46. The van der Waals surface area contributed by atoms with Crippen LogP contribution >= 0.6 is 0 Å². The molecule has 1 fully saturated rings. The van der Waals surface area contributed by atoms with Crippen LogP contribution in [0.3, 0.4) is 0 Å². The molecule has 3 N–H and O–H groups in total. The van der Waals surface area contributed by atoms with E-state index in [1.165, 1.54) is 5.57 Å². The molecule has 19 heavy (non-hydrogen) atoms. The molecule has 100 valence electrons. The van der Waals surface area contributed by atoms with Crippen LogP contribution in [0.15, 0.2) is 36.4 Å². The number of carbonyl (C=O) groups excluding carboxylic acids is 2. The summed E-state index contributed by atoms with van der Waals surface area (Å²) in [5.74, 6) is -0.0272. The number of anilines is 1. The normalized spacial score (nSPS) is 15.2. The first-order valence-corrected chi connectivity index (χ1v) is 6.19. The molecule has 1 aliphatic heterocycles. The highest BCUT2D eigenvalue weighted by Crippen LogP contribution is 2.18. The van der Waals surface area contributed by atoms with Gasteiger partial charge in [-0.25, -0.2) is 4.79 Å². The molecule has 1 aliphatic rings. The Kier molecular flexibility index (Phi) is 3.85. The number of piperidine rings is 1. The van der Waals surface area contributed by atoms with Gasteiger partial charge in [0.1, 0.15) is 0 Å². The van der Waals surface area contributed by atoms with Gasteiger partial charge in [0.25, 0.3) is 5.91 Å². The summed E-state index contributed by atoms with van der Waals surface area (Å²) in [5.41, 5.74) is 7.32. The van der Waals surface area contributed by atoms with E-state index in [1.807, 2.05) is 0 Å². The number of rotatable bonds is 2. The minimum atomic E-state index is -0.640. The predicted molar refractivity (Wildman–Crippen MR) is 73.9 cm³/mol. The maximum Gasteiger partial charge on any atom is 0.316 e. The summed E-state index contributed by atoms with van der Waals surface area (Å²) in [6.07, 6.45) is 1.70. The van der Waals surface area contributed by atoms with E-state index in [9.17, 15) is 9.59 Å². The maximum absolute atomic E-state index is 12.3. The summed E-state index contributed by atoms with van der Waals surface area (Å²) in [6.45, 7) is 5.33. The molecule has 3 amide bonds. The molecule has 0 aromatic heterocycles. The fourth-order valence-electron chi connectivity index (χ4n) is 2.08. The molecular formula is C14H17N3O2. The molecule has 0 bridgehead atoms. The lowest BCUT2D eigenvalue weighted by atomic mass is 10.0. The number of nitrogens with two attached hydrogens (primary N) is 1. The number of likely N-dealkylation sites (tertiary alicyclic amines) is 1. The van der Waals surface area contributed by atoms with Gasteiger partial charge in [0, 0.05) is 24.3 Å². The lowest BCUT2D eigenvalue weighted by Gasteiger charge is -2.28. The molecule has 1 heterocycles. The largest absolute Gasteiger partial charge is 0.351 e. The number of carbonyl (C=O) groups is 2. The second kappa shape index (κ2) is 5.56. The van der Waals surface area contributed by atoms with Crippen LogP contribution in [0, 0.1) is 0 Å². The quantitative estimate of drug-likeness (QED) is 0.797. The summed E-state index contributed by atoms with van der Waals surface area (Å²) in [4.78, 5) is 24.9. The first kappa shape index (κ1) is 13.1. The van der Waals surface area contributed by atoms with Gasteiger partial charge in [0.05, 0.1) is 0 Å². The van der Waals surface area contributed by atoms with Crippen molar-refractivity contribution in [3.05, 3.63) is 42.0 Å². The molecule has 0 atom stereocenters. The van der Waals surface area contributed by atoms with E-state index in [2.05, 4.69) is 11.9 Å². The Balaban J connectivity index is 2.10. The van der Waals surface area contributed by atoms with Gasteiger partial charge in [-0.3, -0.25) is 4.79 Å². The van der Waals surface area contributed by atoms with Crippen LogP contribution in [0.1, 0.15) is 23.2 Å². The van der Waals surface area contributed by atoms with Crippen molar-refractivity contribution in [1.29, 1.82) is 0 Å². The molecule has 0 saturated carbocycles. The summed E-state index contributed by atoms with van der Waals surface area (Å²) in [6, 6.07) is 6.15. The van der Waals surface area contributed by atoms with Gasteiger partial charge < -0.3 is 16.0 Å². The van der Waals surface area contributed by atoms with Crippen LogP contribution < -0.4 is 11.1 Å². The fraction of sp³-hybridized carbons (Fsp3) is 0.286. The van der Waals surface area contributed by atoms with E-state index in [0.717, 1.165) is 12.8 Å². The van der Waals surface area contributed by atoms with Crippen molar-refractivity contribution < 1.29 is 9.59 Å². The average Bonchev–Trinajstić information content (AvgIpc) is 2.38. The second-order valence-electron chi connectivity index (χ2n) is 4.61. The number of benzene rings is 1. The Labute approximate surface area is 112 Å². The summed E-state index contributed by atoms with van der Waals surface area (Å²) >= 11 is 0. The van der Waals surface area contributed by atoms with Gasteiger partial charge in [-0.2, -0.15) is 0 Å². The number of nitrogens with one attached hydrogen (secondary N) is 1. The highest BCUT2D eigenvalue weighted by atomic mass is 16.2. The van der Waals surface area contributed by atoms with Crippen LogP contribution in [0.2, 0.25) is 0 Å². The van der Waals surface area contributed by atoms with E-state index < -0.39 is 6.03 Å². The van der Waals surface area contributed by atoms with Gasteiger partial charge in [-0.15, -0.1) is 0 Å².